The number of rotatable bonds is 6. The molecule has 1 aliphatic rings. The highest BCUT2D eigenvalue weighted by Crippen LogP contribution is 2.41. The van der Waals surface area contributed by atoms with Crippen molar-refractivity contribution in [3.05, 3.63) is 59.4 Å². The van der Waals surface area contributed by atoms with E-state index in [1.54, 1.807) is 7.11 Å². The van der Waals surface area contributed by atoms with Gasteiger partial charge in [-0.1, -0.05) is 25.0 Å². The van der Waals surface area contributed by atoms with Gasteiger partial charge in [0.2, 0.25) is 0 Å². The Morgan fingerprint density at radius 3 is 2.62 bits per heavy atom. The fourth-order valence-electron chi connectivity index (χ4n) is 3.58. The summed E-state index contributed by atoms with van der Waals surface area (Å²) in [4.78, 5) is 27.1. The van der Waals surface area contributed by atoms with E-state index in [9.17, 15) is 9.59 Å². The van der Waals surface area contributed by atoms with Gasteiger partial charge in [-0.3, -0.25) is 4.79 Å². The fourth-order valence-corrected chi connectivity index (χ4v) is 3.58. The first-order valence-electron chi connectivity index (χ1n) is 8.66. The van der Waals surface area contributed by atoms with E-state index in [0.29, 0.717) is 12.1 Å². The van der Waals surface area contributed by atoms with Crippen molar-refractivity contribution in [1.29, 1.82) is 0 Å². The van der Waals surface area contributed by atoms with Crippen molar-refractivity contribution in [3.63, 3.8) is 0 Å². The minimum atomic E-state index is -1.11. The summed E-state index contributed by atoms with van der Waals surface area (Å²) in [6.07, 6.45) is 5.57. The Balaban J connectivity index is 1.74. The van der Waals surface area contributed by atoms with E-state index in [0.717, 1.165) is 31.4 Å². The molecule has 0 unspecified atom stereocenters. The Bertz CT molecular complexity index is 796. The Kier molecular flexibility index (Phi) is 5.21. The zero-order valence-electron chi connectivity index (χ0n) is 14.7. The summed E-state index contributed by atoms with van der Waals surface area (Å²) in [6.45, 7) is 0.527. The SMILES string of the molecule is COc1cccc(C2(CNC(=O)c3ccc(C(=O)O)nc3)CCCC2)c1. The van der Waals surface area contributed by atoms with Crippen molar-refractivity contribution in [2.75, 3.05) is 13.7 Å². The summed E-state index contributed by atoms with van der Waals surface area (Å²) in [7, 11) is 1.65. The number of amides is 1. The predicted molar refractivity (Wildman–Crippen MR) is 96.7 cm³/mol. The second-order valence-corrected chi connectivity index (χ2v) is 6.64. The van der Waals surface area contributed by atoms with Crippen LogP contribution in [0.4, 0.5) is 0 Å². The molecule has 2 N–H and O–H groups in total. The Morgan fingerprint density at radius 1 is 1.23 bits per heavy atom. The number of aromatic nitrogens is 1. The van der Waals surface area contributed by atoms with Crippen LogP contribution in [-0.2, 0) is 5.41 Å². The minimum Gasteiger partial charge on any atom is -0.497 e. The van der Waals surface area contributed by atoms with Crippen molar-refractivity contribution < 1.29 is 19.4 Å². The number of pyridine rings is 1. The fraction of sp³-hybridized carbons (Fsp3) is 0.350. The Labute approximate surface area is 152 Å². The average Bonchev–Trinajstić information content (AvgIpc) is 3.16. The lowest BCUT2D eigenvalue weighted by Crippen LogP contribution is -2.39. The maximum absolute atomic E-state index is 12.5. The third-order valence-electron chi connectivity index (χ3n) is 5.07. The molecule has 6 heteroatoms. The molecule has 1 saturated carbocycles. The normalized spacial score (nSPS) is 15.4. The first-order chi connectivity index (χ1) is 12.5. The molecule has 0 aliphatic heterocycles. The molecule has 136 valence electrons. The molecule has 1 aromatic carbocycles. The minimum absolute atomic E-state index is 0.0785. The zero-order chi connectivity index (χ0) is 18.6. The molecule has 1 fully saturated rings. The second-order valence-electron chi connectivity index (χ2n) is 6.64. The number of methoxy groups -OCH3 is 1. The molecule has 3 rings (SSSR count). The van der Waals surface area contributed by atoms with E-state index in [4.69, 9.17) is 9.84 Å². The van der Waals surface area contributed by atoms with Gasteiger partial charge in [0, 0.05) is 18.2 Å². The number of carbonyl (C=O) groups is 2. The van der Waals surface area contributed by atoms with E-state index in [2.05, 4.69) is 16.4 Å². The third-order valence-corrected chi connectivity index (χ3v) is 5.07. The standard InChI is InChI=1S/C20H22N2O4/c1-26-16-6-4-5-15(11-16)20(9-2-3-10-20)13-22-18(23)14-7-8-17(19(24)25)21-12-14/h4-8,11-12H,2-3,9-10,13H2,1H3,(H,22,23)(H,24,25). The highest BCUT2D eigenvalue weighted by atomic mass is 16.5. The van der Waals surface area contributed by atoms with E-state index in [-0.39, 0.29) is 17.0 Å². The van der Waals surface area contributed by atoms with Crippen LogP contribution in [0.5, 0.6) is 5.75 Å². The highest BCUT2D eigenvalue weighted by molar-refractivity contribution is 5.94. The van der Waals surface area contributed by atoms with Crippen LogP contribution in [0.2, 0.25) is 0 Å². The van der Waals surface area contributed by atoms with Crippen LogP contribution in [0.25, 0.3) is 0 Å². The van der Waals surface area contributed by atoms with Crippen molar-refractivity contribution in [3.8, 4) is 5.75 Å². The average molecular weight is 354 g/mol. The van der Waals surface area contributed by atoms with Gasteiger partial charge in [0.1, 0.15) is 11.4 Å². The number of ether oxygens (including phenoxy) is 1. The molecule has 0 saturated heterocycles. The number of carbonyl (C=O) groups excluding carboxylic acids is 1. The van der Waals surface area contributed by atoms with Gasteiger partial charge >= 0.3 is 5.97 Å². The quantitative estimate of drug-likeness (QED) is 0.832. The van der Waals surface area contributed by atoms with Crippen LogP contribution >= 0.6 is 0 Å². The molecule has 26 heavy (non-hydrogen) atoms. The van der Waals surface area contributed by atoms with Gasteiger partial charge in [0.05, 0.1) is 12.7 Å². The molecular formula is C20H22N2O4. The number of nitrogens with one attached hydrogen (secondary N) is 1. The van der Waals surface area contributed by atoms with Crippen LogP contribution in [-0.4, -0.2) is 35.6 Å². The van der Waals surface area contributed by atoms with Crippen LogP contribution in [0.1, 0.15) is 52.1 Å². The number of hydrogen-bond acceptors (Lipinski definition) is 4. The summed E-state index contributed by atoms with van der Waals surface area (Å²) in [5.41, 5.74) is 1.35. The number of aromatic carboxylic acids is 1. The molecule has 2 aromatic rings. The maximum atomic E-state index is 12.5. The van der Waals surface area contributed by atoms with Gasteiger partial charge in [0.15, 0.2) is 0 Å². The lowest BCUT2D eigenvalue weighted by atomic mass is 9.78. The summed E-state index contributed by atoms with van der Waals surface area (Å²) in [5, 5.41) is 11.9. The second kappa shape index (κ2) is 7.56. The lowest BCUT2D eigenvalue weighted by Gasteiger charge is -2.30. The zero-order valence-corrected chi connectivity index (χ0v) is 14.7. The number of benzene rings is 1. The predicted octanol–water partition coefficient (Wildman–Crippen LogP) is 3.03. The molecule has 1 aliphatic carbocycles. The van der Waals surface area contributed by atoms with Crippen molar-refractivity contribution >= 4 is 11.9 Å². The van der Waals surface area contributed by atoms with E-state index in [1.807, 2.05) is 18.2 Å². The maximum Gasteiger partial charge on any atom is 0.354 e. The summed E-state index contributed by atoms with van der Waals surface area (Å²) in [6, 6.07) is 10.8. The van der Waals surface area contributed by atoms with Gasteiger partial charge in [0.25, 0.3) is 5.91 Å². The molecule has 0 spiro atoms. The van der Waals surface area contributed by atoms with Gasteiger partial charge in [-0.15, -0.1) is 0 Å². The van der Waals surface area contributed by atoms with Crippen LogP contribution in [0, 0.1) is 0 Å². The van der Waals surface area contributed by atoms with Crippen molar-refractivity contribution in [2.24, 2.45) is 0 Å². The van der Waals surface area contributed by atoms with Crippen molar-refractivity contribution in [1.82, 2.24) is 10.3 Å². The first-order valence-corrected chi connectivity index (χ1v) is 8.66. The molecule has 1 amide bonds. The first kappa shape index (κ1) is 17.9. The molecule has 0 atom stereocenters. The monoisotopic (exact) mass is 354 g/mol. The van der Waals surface area contributed by atoms with Crippen molar-refractivity contribution in [2.45, 2.75) is 31.1 Å². The third kappa shape index (κ3) is 3.69. The molecule has 1 aromatic heterocycles. The summed E-state index contributed by atoms with van der Waals surface area (Å²) < 4.78 is 5.34. The number of carboxylic acid groups (broad SMARTS) is 1. The van der Waals surface area contributed by atoms with E-state index >= 15 is 0 Å². The van der Waals surface area contributed by atoms with Gasteiger partial charge < -0.3 is 15.2 Å². The topological polar surface area (TPSA) is 88.5 Å². The van der Waals surface area contributed by atoms with Crippen LogP contribution < -0.4 is 10.1 Å². The molecular weight excluding hydrogens is 332 g/mol. The lowest BCUT2D eigenvalue weighted by molar-refractivity contribution is 0.0689. The van der Waals surface area contributed by atoms with Crippen LogP contribution in [0.15, 0.2) is 42.6 Å². The molecule has 0 radical (unpaired) electrons. The largest absolute Gasteiger partial charge is 0.497 e. The van der Waals surface area contributed by atoms with E-state index < -0.39 is 5.97 Å². The number of hydrogen-bond donors (Lipinski definition) is 2. The molecule has 6 nitrogen and oxygen atoms in total. The Hall–Kier alpha value is -2.89. The van der Waals surface area contributed by atoms with Gasteiger partial charge in [-0.05, 0) is 42.7 Å². The highest BCUT2D eigenvalue weighted by Gasteiger charge is 2.36. The molecule has 1 heterocycles. The smallest absolute Gasteiger partial charge is 0.354 e. The van der Waals surface area contributed by atoms with Crippen LogP contribution in [0.3, 0.4) is 0 Å². The Morgan fingerprint density at radius 2 is 2.00 bits per heavy atom. The number of nitrogens with zero attached hydrogens (tertiary/aromatic N) is 1. The van der Waals surface area contributed by atoms with E-state index in [1.165, 1.54) is 23.9 Å². The summed E-state index contributed by atoms with van der Waals surface area (Å²) in [5.74, 6) is -0.544. The molecule has 0 bridgehead atoms. The van der Waals surface area contributed by atoms with Gasteiger partial charge in [-0.2, -0.15) is 0 Å². The van der Waals surface area contributed by atoms with Gasteiger partial charge in [-0.25, -0.2) is 9.78 Å². The number of carboxylic acids is 1. The summed E-state index contributed by atoms with van der Waals surface area (Å²) >= 11 is 0.